The van der Waals surface area contributed by atoms with Crippen LogP contribution in [0.5, 0.6) is 0 Å². The zero-order valence-electron chi connectivity index (χ0n) is 11.2. The molecule has 21 heavy (non-hydrogen) atoms. The molecule has 108 valence electrons. The van der Waals surface area contributed by atoms with E-state index in [0.29, 0.717) is 16.7 Å². The fourth-order valence-electron chi connectivity index (χ4n) is 1.94. The summed E-state index contributed by atoms with van der Waals surface area (Å²) in [4.78, 5) is 4.96. The van der Waals surface area contributed by atoms with E-state index >= 15 is 0 Å². The largest absolute Gasteiger partial charge is 0.378 e. The summed E-state index contributed by atoms with van der Waals surface area (Å²) in [6, 6.07) is 4.57. The third-order valence-electron chi connectivity index (χ3n) is 2.90. The van der Waals surface area contributed by atoms with Gasteiger partial charge in [0.2, 0.25) is 0 Å². The summed E-state index contributed by atoms with van der Waals surface area (Å²) in [6.07, 6.45) is 5.36. The predicted octanol–water partition coefficient (Wildman–Crippen LogP) is 4.04. The van der Waals surface area contributed by atoms with E-state index in [9.17, 15) is 4.39 Å². The van der Waals surface area contributed by atoms with Gasteiger partial charge in [-0.2, -0.15) is 5.10 Å². The molecular weight excluding hydrogens is 311 g/mol. The first-order chi connectivity index (χ1) is 10.1. The number of anilines is 1. The fourth-order valence-corrected chi connectivity index (χ4v) is 2.86. The van der Waals surface area contributed by atoms with Crippen molar-refractivity contribution in [2.24, 2.45) is 0 Å². The lowest BCUT2D eigenvalue weighted by Crippen LogP contribution is -2.04. The summed E-state index contributed by atoms with van der Waals surface area (Å²) in [6.45, 7) is 2.49. The molecule has 1 N–H and O–H groups in total. The average Bonchev–Trinajstić information content (AvgIpc) is 3.05. The van der Waals surface area contributed by atoms with Gasteiger partial charge in [0.15, 0.2) is 4.47 Å². The number of aromatic nitrogens is 3. The molecule has 0 saturated heterocycles. The molecule has 0 atom stereocenters. The Balaban J connectivity index is 1.88. The van der Waals surface area contributed by atoms with Crippen molar-refractivity contribution in [3.05, 3.63) is 57.5 Å². The maximum Gasteiger partial charge on any atom is 0.183 e. The van der Waals surface area contributed by atoms with E-state index in [4.69, 9.17) is 11.6 Å². The number of hydrogen-bond acceptors (Lipinski definition) is 4. The second-order valence-electron chi connectivity index (χ2n) is 4.56. The van der Waals surface area contributed by atoms with Gasteiger partial charge in [0.05, 0.1) is 24.1 Å². The maximum absolute atomic E-state index is 13.5. The monoisotopic (exact) mass is 322 g/mol. The van der Waals surface area contributed by atoms with Crippen molar-refractivity contribution in [2.75, 3.05) is 5.32 Å². The molecule has 0 bridgehead atoms. The maximum atomic E-state index is 13.5. The van der Waals surface area contributed by atoms with Crippen LogP contribution in [0.2, 0.25) is 4.47 Å². The minimum absolute atomic E-state index is 0.299. The number of benzene rings is 1. The molecule has 3 aromatic rings. The highest BCUT2D eigenvalue weighted by Crippen LogP contribution is 2.24. The molecule has 0 radical (unpaired) electrons. The molecule has 0 unspecified atom stereocenters. The van der Waals surface area contributed by atoms with E-state index in [1.54, 1.807) is 23.1 Å². The van der Waals surface area contributed by atoms with Crippen molar-refractivity contribution in [3.63, 3.8) is 0 Å². The Morgan fingerprint density at radius 2 is 2.24 bits per heavy atom. The molecular formula is C14H12ClFN4S. The van der Waals surface area contributed by atoms with Gasteiger partial charge in [0.1, 0.15) is 5.82 Å². The number of hydrogen-bond donors (Lipinski definition) is 1. The molecule has 0 amide bonds. The minimum Gasteiger partial charge on any atom is -0.378 e. The number of nitrogens with one attached hydrogen (secondary N) is 1. The van der Waals surface area contributed by atoms with Crippen LogP contribution in [-0.4, -0.2) is 14.8 Å². The lowest BCUT2D eigenvalue weighted by atomic mass is 10.2. The van der Waals surface area contributed by atoms with E-state index in [2.05, 4.69) is 15.4 Å². The third kappa shape index (κ3) is 3.22. The third-order valence-corrected chi connectivity index (χ3v) is 4.01. The minimum atomic E-state index is -0.299. The molecule has 0 fully saturated rings. The van der Waals surface area contributed by atoms with Gasteiger partial charge < -0.3 is 5.32 Å². The molecule has 0 aliphatic carbocycles. The molecule has 0 aliphatic rings. The van der Waals surface area contributed by atoms with Crippen LogP contribution in [-0.2, 0) is 6.54 Å². The molecule has 0 saturated carbocycles. The highest BCUT2D eigenvalue weighted by atomic mass is 35.5. The number of rotatable bonds is 4. The van der Waals surface area contributed by atoms with Crippen LogP contribution in [0, 0.1) is 12.7 Å². The molecule has 0 aliphatic heterocycles. The molecule has 2 heterocycles. The molecule has 4 nitrogen and oxygen atoms in total. The van der Waals surface area contributed by atoms with E-state index in [0.717, 1.165) is 16.1 Å². The topological polar surface area (TPSA) is 42.7 Å². The van der Waals surface area contributed by atoms with E-state index in [1.807, 2.05) is 13.1 Å². The Kier molecular flexibility index (Phi) is 3.90. The van der Waals surface area contributed by atoms with Crippen LogP contribution in [0.1, 0.15) is 10.4 Å². The van der Waals surface area contributed by atoms with Gasteiger partial charge in [0.25, 0.3) is 0 Å². The van der Waals surface area contributed by atoms with Gasteiger partial charge in [-0.15, -0.1) is 11.3 Å². The second-order valence-corrected chi connectivity index (χ2v) is 6.25. The van der Waals surface area contributed by atoms with Crippen molar-refractivity contribution in [1.82, 2.24) is 14.8 Å². The molecule has 0 spiro atoms. The molecule has 1 aromatic carbocycles. The van der Waals surface area contributed by atoms with E-state index < -0.39 is 0 Å². The van der Waals surface area contributed by atoms with Crippen molar-refractivity contribution < 1.29 is 4.39 Å². The van der Waals surface area contributed by atoms with Crippen LogP contribution in [0.15, 0.2) is 36.8 Å². The summed E-state index contributed by atoms with van der Waals surface area (Å²) in [5, 5.41) is 7.46. The standard InChI is InChI=1S/C14H12ClFN4S/c1-9-5-19-20(8-9)13-3-2-10(16)4-12(13)17-6-11-7-18-14(15)21-11/h2-5,7-8,17H,6H2,1H3. The van der Waals surface area contributed by atoms with E-state index in [-0.39, 0.29) is 5.82 Å². The van der Waals surface area contributed by atoms with Crippen molar-refractivity contribution >= 4 is 28.6 Å². The Morgan fingerprint density at radius 1 is 1.38 bits per heavy atom. The van der Waals surface area contributed by atoms with Crippen molar-refractivity contribution in [3.8, 4) is 5.69 Å². The number of nitrogens with zero attached hydrogens (tertiary/aromatic N) is 3. The summed E-state index contributed by atoms with van der Waals surface area (Å²) in [7, 11) is 0. The summed E-state index contributed by atoms with van der Waals surface area (Å²) in [5.41, 5.74) is 2.50. The summed E-state index contributed by atoms with van der Waals surface area (Å²) < 4.78 is 15.7. The second kappa shape index (κ2) is 5.83. The first-order valence-corrected chi connectivity index (χ1v) is 7.46. The first kappa shape index (κ1) is 14.0. The SMILES string of the molecule is Cc1cnn(-c2ccc(F)cc2NCc2cnc(Cl)s2)c1. The predicted molar refractivity (Wildman–Crippen MR) is 82.7 cm³/mol. The Bertz CT molecular complexity index is 768. The smallest absolute Gasteiger partial charge is 0.183 e. The quantitative estimate of drug-likeness (QED) is 0.788. The van der Waals surface area contributed by atoms with Crippen LogP contribution >= 0.6 is 22.9 Å². The van der Waals surface area contributed by atoms with Gasteiger partial charge >= 0.3 is 0 Å². The van der Waals surface area contributed by atoms with Gasteiger partial charge in [0, 0.05) is 17.3 Å². The Labute approximate surface area is 130 Å². The van der Waals surface area contributed by atoms with Crippen molar-refractivity contribution in [1.29, 1.82) is 0 Å². The van der Waals surface area contributed by atoms with E-state index in [1.165, 1.54) is 23.5 Å². The first-order valence-electron chi connectivity index (χ1n) is 6.27. The fraction of sp³-hybridized carbons (Fsp3) is 0.143. The van der Waals surface area contributed by atoms with Gasteiger partial charge in [-0.25, -0.2) is 14.1 Å². The van der Waals surface area contributed by atoms with Crippen molar-refractivity contribution in [2.45, 2.75) is 13.5 Å². The zero-order valence-corrected chi connectivity index (χ0v) is 12.7. The number of thiazole rings is 1. The number of aryl methyl sites for hydroxylation is 1. The summed E-state index contributed by atoms with van der Waals surface area (Å²) in [5.74, 6) is -0.299. The Morgan fingerprint density at radius 3 is 2.90 bits per heavy atom. The van der Waals surface area contributed by atoms with Crippen LogP contribution in [0.25, 0.3) is 5.69 Å². The number of halogens is 2. The lowest BCUT2D eigenvalue weighted by Gasteiger charge is -2.11. The molecule has 3 rings (SSSR count). The normalized spacial score (nSPS) is 10.8. The summed E-state index contributed by atoms with van der Waals surface area (Å²) >= 11 is 7.20. The highest BCUT2D eigenvalue weighted by Gasteiger charge is 2.08. The van der Waals surface area contributed by atoms with Gasteiger partial charge in [-0.3, -0.25) is 0 Å². The van der Waals surface area contributed by atoms with Gasteiger partial charge in [-0.05, 0) is 30.7 Å². The van der Waals surface area contributed by atoms with Gasteiger partial charge in [-0.1, -0.05) is 11.6 Å². The lowest BCUT2D eigenvalue weighted by molar-refractivity contribution is 0.627. The molecule has 2 aromatic heterocycles. The highest BCUT2D eigenvalue weighted by molar-refractivity contribution is 7.15. The average molecular weight is 323 g/mol. The van der Waals surface area contributed by atoms with Crippen LogP contribution < -0.4 is 5.32 Å². The van der Waals surface area contributed by atoms with Crippen LogP contribution in [0.4, 0.5) is 10.1 Å². The zero-order chi connectivity index (χ0) is 14.8. The Hall–Kier alpha value is -1.92. The van der Waals surface area contributed by atoms with Crippen LogP contribution in [0.3, 0.4) is 0 Å². The molecule has 7 heteroatoms.